The summed E-state index contributed by atoms with van der Waals surface area (Å²) in [5, 5.41) is 0. The molecule has 0 nitrogen and oxygen atoms in total. The summed E-state index contributed by atoms with van der Waals surface area (Å²) in [6.45, 7) is 12.9. The Morgan fingerprint density at radius 3 is 2.25 bits per heavy atom. The van der Waals surface area contributed by atoms with Crippen LogP contribution in [0.5, 0.6) is 0 Å². The van der Waals surface area contributed by atoms with E-state index in [0.29, 0.717) is 11.3 Å². The van der Waals surface area contributed by atoms with Crippen molar-refractivity contribution in [3.05, 3.63) is 19.1 Å². The fourth-order valence-electron chi connectivity index (χ4n) is 0.935. The fourth-order valence-corrected chi connectivity index (χ4v) is 0.935. The summed E-state index contributed by atoms with van der Waals surface area (Å²) in [6.07, 6.45) is 8.15. The Hall–Kier alpha value is -0.260. The molecule has 0 fully saturated rings. The summed E-state index contributed by atoms with van der Waals surface area (Å²) < 4.78 is 0. The van der Waals surface area contributed by atoms with Crippen LogP contribution >= 0.6 is 0 Å². The lowest BCUT2D eigenvalue weighted by Gasteiger charge is -2.14. The largest absolute Gasteiger partial charge is 0.0885 e. The van der Waals surface area contributed by atoms with Gasteiger partial charge in [-0.3, -0.25) is 0 Å². The third kappa shape index (κ3) is 9.74. The first-order valence-corrected chi connectivity index (χ1v) is 4.90. The summed E-state index contributed by atoms with van der Waals surface area (Å²) in [6, 6.07) is 0. The van der Waals surface area contributed by atoms with Gasteiger partial charge in [-0.2, -0.15) is 0 Å². The Kier molecular flexibility index (Phi) is 5.28. The molecule has 12 heavy (non-hydrogen) atoms. The van der Waals surface area contributed by atoms with E-state index in [2.05, 4.69) is 46.8 Å². The molecule has 1 unspecified atom stereocenters. The number of hydrogen-bond donors (Lipinski definition) is 0. The molecule has 71 valence electrons. The quantitative estimate of drug-likeness (QED) is 0.550. The lowest BCUT2D eigenvalue weighted by atomic mass is 9.92. The average Bonchev–Trinajstić information content (AvgIpc) is 1.83. The summed E-state index contributed by atoms with van der Waals surface area (Å²) in [7, 11) is 0. The Balaban J connectivity index is 3.38. The normalized spacial score (nSPS) is 13.2. The van der Waals surface area contributed by atoms with E-state index in [4.69, 9.17) is 0 Å². The highest BCUT2D eigenvalue weighted by atomic mass is 14.1. The number of rotatable bonds is 4. The molecule has 0 aromatic carbocycles. The van der Waals surface area contributed by atoms with E-state index < -0.39 is 0 Å². The summed E-state index contributed by atoms with van der Waals surface area (Å²) >= 11 is 0. The highest BCUT2D eigenvalue weighted by molar-refractivity contribution is 4.86. The molecular formula is C12H23. The molecule has 0 saturated carbocycles. The molecule has 0 N–H and O–H groups in total. The number of allylic oxidation sites excluding steroid dienone is 2. The first kappa shape index (κ1) is 11.7. The molecule has 0 saturated heterocycles. The topological polar surface area (TPSA) is 0 Å². The van der Waals surface area contributed by atoms with Crippen molar-refractivity contribution in [3.63, 3.8) is 0 Å². The third-order valence-electron chi connectivity index (χ3n) is 1.72. The van der Waals surface area contributed by atoms with Crippen molar-refractivity contribution in [1.82, 2.24) is 0 Å². The zero-order valence-electron chi connectivity index (χ0n) is 9.06. The predicted octanol–water partition coefficient (Wildman–Crippen LogP) is 4.23. The molecule has 0 amide bonds. The van der Waals surface area contributed by atoms with Crippen molar-refractivity contribution in [2.75, 3.05) is 0 Å². The van der Waals surface area contributed by atoms with Crippen LogP contribution in [0.3, 0.4) is 0 Å². The Morgan fingerprint density at radius 2 is 1.83 bits per heavy atom. The van der Waals surface area contributed by atoms with Crippen molar-refractivity contribution in [3.8, 4) is 0 Å². The summed E-state index contributed by atoms with van der Waals surface area (Å²) in [5.74, 6) is 0.587. The lowest BCUT2D eigenvalue weighted by molar-refractivity contribution is 0.420. The van der Waals surface area contributed by atoms with Gasteiger partial charge in [0.15, 0.2) is 0 Å². The second-order valence-corrected chi connectivity index (χ2v) is 4.92. The van der Waals surface area contributed by atoms with Gasteiger partial charge in [-0.05, 0) is 30.6 Å². The third-order valence-corrected chi connectivity index (χ3v) is 1.72. The molecule has 0 rings (SSSR count). The Morgan fingerprint density at radius 1 is 1.25 bits per heavy atom. The smallest absolute Gasteiger partial charge is 0.0302 e. The second kappa shape index (κ2) is 5.40. The van der Waals surface area contributed by atoms with E-state index in [1.807, 2.05) is 0 Å². The van der Waals surface area contributed by atoms with E-state index in [-0.39, 0.29) is 0 Å². The summed E-state index contributed by atoms with van der Waals surface area (Å²) in [5.41, 5.74) is 0.437. The molecule has 1 atom stereocenters. The van der Waals surface area contributed by atoms with E-state index in [0.717, 1.165) is 0 Å². The minimum atomic E-state index is 0.437. The van der Waals surface area contributed by atoms with Gasteiger partial charge < -0.3 is 0 Å². The fraction of sp³-hybridized carbons (Fsp3) is 0.750. The van der Waals surface area contributed by atoms with E-state index in [1.54, 1.807) is 0 Å². The minimum Gasteiger partial charge on any atom is -0.0885 e. The van der Waals surface area contributed by atoms with Gasteiger partial charge in [-0.25, -0.2) is 0 Å². The van der Waals surface area contributed by atoms with Crippen LogP contribution in [0.2, 0.25) is 0 Å². The SMILES string of the molecule is [CH2]C(C)CC/C=C/CC(C)(C)C. The molecular weight excluding hydrogens is 144 g/mol. The standard InChI is InChI=1S/C12H23/c1-11(2)9-7-6-8-10-12(3,4)5/h6,8,11H,1,7,9-10H2,2-5H3/b8-6+. The average molecular weight is 167 g/mol. The monoisotopic (exact) mass is 167 g/mol. The second-order valence-electron chi connectivity index (χ2n) is 4.92. The maximum atomic E-state index is 3.95. The van der Waals surface area contributed by atoms with E-state index in [9.17, 15) is 0 Å². The van der Waals surface area contributed by atoms with Gasteiger partial charge in [0.2, 0.25) is 0 Å². The molecule has 0 aliphatic rings. The van der Waals surface area contributed by atoms with Crippen molar-refractivity contribution in [1.29, 1.82) is 0 Å². The molecule has 0 aromatic heterocycles. The molecule has 1 radical (unpaired) electrons. The summed E-state index contributed by atoms with van der Waals surface area (Å²) in [4.78, 5) is 0. The van der Waals surface area contributed by atoms with Crippen molar-refractivity contribution < 1.29 is 0 Å². The Bertz CT molecular complexity index is 123. The molecule has 0 aliphatic carbocycles. The minimum absolute atomic E-state index is 0.437. The van der Waals surface area contributed by atoms with Crippen LogP contribution in [-0.2, 0) is 0 Å². The van der Waals surface area contributed by atoms with E-state index >= 15 is 0 Å². The van der Waals surface area contributed by atoms with Crippen LogP contribution in [-0.4, -0.2) is 0 Å². The maximum Gasteiger partial charge on any atom is -0.0302 e. The van der Waals surface area contributed by atoms with Crippen LogP contribution in [0.1, 0.15) is 47.0 Å². The van der Waals surface area contributed by atoms with Gasteiger partial charge in [0.1, 0.15) is 0 Å². The van der Waals surface area contributed by atoms with Crippen LogP contribution in [0.4, 0.5) is 0 Å². The first-order chi connectivity index (χ1) is 5.42. The van der Waals surface area contributed by atoms with Crippen molar-refractivity contribution in [2.45, 2.75) is 47.0 Å². The zero-order chi connectivity index (χ0) is 9.61. The van der Waals surface area contributed by atoms with Gasteiger partial charge in [-0.15, -0.1) is 0 Å². The van der Waals surface area contributed by atoms with Crippen LogP contribution < -0.4 is 0 Å². The van der Waals surface area contributed by atoms with Gasteiger partial charge in [0.05, 0.1) is 0 Å². The highest BCUT2D eigenvalue weighted by Crippen LogP contribution is 2.19. The lowest BCUT2D eigenvalue weighted by Crippen LogP contribution is -2.01. The van der Waals surface area contributed by atoms with Gasteiger partial charge in [-0.1, -0.05) is 46.8 Å². The number of hydrogen-bond acceptors (Lipinski definition) is 0. The Labute approximate surface area is 78.1 Å². The van der Waals surface area contributed by atoms with Crippen LogP contribution in [0.15, 0.2) is 12.2 Å². The van der Waals surface area contributed by atoms with Crippen molar-refractivity contribution >= 4 is 0 Å². The molecule has 0 aliphatic heterocycles. The van der Waals surface area contributed by atoms with Crippen LogP contribution in [0, 0.1) is 18.3 Å². The van der Waals surface area contributed by atoms with Gasteiger partial charge in [0.25, 0.3) is 0 Å². The zero-order valence-corrected chi connectivity index (χ0v) is 9.06. The molecule has 0 aromatic rings. The molecule has 0 heterocycles. The maximum absolute atomic E-state index is 3.95. The first-order valence-electron chi connectivity index (χ1n) is 4.90. The molecule has 0 bridgehead atoms. The van der Waals surface area contributed by atoms with Gasteiger partial charge >= 0.3 is 0 Å². The molecule has 0 spiro atoms. The van der Waals surface area contributed by atoms with Crippen LogP contribution in [0.25, 0.3) is 0 Å². The van der Waals surface area contributed by atoms with E-state index in [1.165, 1.54) is 19.3 Å². The predicted molar refractivity (Wildman–Crippen MR) is 57.0 cm³/mol. The van der Waals surface area contributed by atoms with Crippen molar-refractivity contribution in [2.24, 2.45) is 11.3 Å². The molecule has 0 heteroatoms. The van der Waals surface area contributed by atoms with Gasteiger partial charge in [0, 0.05) is 0 Å². The highest BCUT2D eigenvalue weighted by Gasteiger charge is 2.05.